The highest BCUT2D eigenvalue weighted by atomic mass is 16.7. The van der Waals surface area contributed by atoms with Gasteiger partial charge in [-0.3, -0.25) is 4.79 Å². The Morgan fingerprint density at radius 2 is 1.68 bits per heavy atom. The molecule has 0 aliphatic carbocycles. The first-order valence-corrected chi connectivity index (χ1v) is 11.3. The van der Waals surface area contributed by atoms with Crippen molar-refractivity contribution in [1.29, 1.82) is 0 Å². The zero-order chi connectivity index (χ0) is 23.1. The summed E-state index contributed by atoms with van der Waals surface area (Å²) in [7, 11) is 1.60. The second kappa shape index (κ2) is 8.57. The summed E-state index contributed by atoms with van der Waals surface area (Å²) in [5, 5.41) is 0. The quantitative estimate of drug-likeness (QED) is 0.498. The van der Waals surface area contributed by atoms with Crippen molar-refractivity contribution in [3.8, 4) is 23.0 Å². The third-order valence-corrected chi connectivity index (χ3v) is 6.64. The lowest BCUT2D eigenvalue weighted by molar-refractivity contribution is -0.148. The molecule has 0 spiro atoms. The zero-order valence-electron chi connectivity index (χ0n) is 18.6. The Bertz CT molecular complexity index is 1210. The summed E-state index contributed by atoms with van der Waals surface area (Å²) >= 11 is 0. The highest BCUT2D eigenvalue weighted by Gasteiger charge is 2.54. The molecule has 0 unspecified atom stereocenters. The van der Waals surface area contributed by atoms with E-state index in [0.717, 1.165) is 16.7 Å². The monoisotopic (exact) mass is 460 g/mol. The fourth-order valence-electron chi connectivity index (χ4n) is 4.94. The minimum atomic E-state index is -0.409. The summed E-state index contributed by atoms with van der Waals surface area (Å²) in [4.78, 5) is 12.9. The average Bonchev–Trinajstić information content (AvgIpc) is 3.60. The molecule has 4 atom stereocenters. The molecule has 3 aromatic rings. The third kappa shape index (κ3) is 3.62. The van der Waals surface area contributed by atoms with Gasteiger partial charge in [-0.25, -0.2) is 0 Å². The van der Waals surface area contributed by atoms with Gasteiger partial charge in [0.25, 0.3) is 0 Å². The average molecular weight is 460 g/mol. The largest absolute Gasteiger partial charge is 0.493 e. The number of benzene rings is 3. The van der Waals surface area contributed by atoms with Gasteiger partial charge in [0.1, 0.15) is 12.7 Å². The van der Waals surface area contributed by atoms with Gasteiger partial charge in [-0.05, 0) is 41.0 Å². The Labute approximate surface area is 197 Å². The molecule has 0 N–H and O–H groups in total. The summed E-state index contributed by atoms with van der Waals surface area (Å²) in [5.41, 5.74) is 2.81. The smallest absolute Gasteiger partial charge is 0.313 e. The lowest BCUT2D eigenvalue weighted by Gasteiger charge is -2.17. The number of ether oxygens (including phenoxy) is 6. The number of carbonyl (C=O) groups excluding carboxylic acids is 1. The maximum Gasteiger partial charge on any atom is 0.313 e. The van der Waals surface area contributed by atoms with Crippen LogP contribution in [0.2, 0.25) is 0 Å². The Morgan fingerprint density at radius 1 is 0.882 bits per heavy atom. The van der Waals surface area contributed by atoms with Crippen LogP contribution in [0.1, 0.15) is 28.9 Å². The third-order valence-electron chi connectivity index (χ3n) is 6.64. The van der Waals surface area contributed by atoms with Gasteiger partial charge in [0, 0.05) is 5.92 Å². The van der Waals surface area contributed by atoms with Crippen molar-refractivity contribution in [3.63, 3.8) is 0 Å². The van der Waals surface area contributed by atoms with Gasteiger partial charge in [-0.1, -0.05) is 42.5 Å². The molecule has 0 aromatic heterocycles. The van der Waals surface area contributed by atoms with E-state index in [2.05, 4.69) is 0 Å². The van der Waals surface area contributed by atoms with E-state index in [9.17, 15) is 4.79 Å². The molecule has 2 fully saturated rings. The predicted octanol–water partition coefficient (Wildman–Crippen LogP) is 4.60. The van der Waals surface area contributed by atoms with E-state index in [1.54, 1.807) is 7.11 Å². The standard InChI is InChI=1S/C27H24O7/c1-29-22-11-18(8-9-20(22)30-13-16-5-3-2-4-6-16)26-24-19(14-31-26)25(34-27(24)28)17-7-10-21-23(12-17)33-15-32-21/h2-12,19,24-26H,13-15H2,1H3/t19-,24-,25+,26+/m0/s1. The number of cyclic esters (lactones) is 1. The number of hydrogen-bond acceptors (Lipinski definition) is 7. The van der Waals surface area contributed by atoms with Gasteiger partial charge >= 0.3 is 5.97 Å². The second-order valence-electron chi connectivity index (χ2n) is 8.60. The molecule has 7 heteroatoms. The van der Waals surface area contributed by atoms with Crippen LogP contribution in [0, 0.1) is 11.8 Å². The minimum absolute atomic E-state index is 0.0853. The van der Waals surface area contributed by atoms with E-state index in [1.165, 1.54) is 0 Å². The van der Waals surface area contributed by atoms with Crippen molar-refractivity contribution in [2.45, 2.75) is 18.8 Å². The van der Waals surface area contributed by atoms with E-state index < -0.39 is 12.0 Å². The molecule has 174 valence electrons. The molecule has 3 aromatic carbocycles. The Balaban J connectivity index is 1.21. The zero-order valence-corrected chi connectivity index (χ0v) is 18.6. The maximum absolute atomic E-state index is 12.9. The van der Waals surface area contributed by atoms with Crippen LogP contribution in [0.4, 0.5) is 0 Å². The number of methoxy groups -OCH3 is 1. The lowest BCUT2D eigenvalue weighted by atomic mass is 9.84. The predicted molar refractivity (Wildman–Crippen MR) is 121 cm³/mol. The molecule has 3 aliphatic rings. The number of carbonyl (C=O) groups is 1. The molecule has 0 saturated carbocycles. The van der Waals surface area contributed by atoms with Crippen LogP contribution in [0.3, 0.4) is 0 Å². The van der Waals surface area contributed by atoms with E-state index in [-0.39, 0.29) is 24.8 Å². The van der Waals surface area contributed by atoms with Crippen molar-refractivity contribution < 1.29 is 33.2 Å². The summed E-state index contributed by atoms with van der Waals surface area (Å²) in [6, 6.07) is 21.3. The van der Waals surface area contributed by atoms with Gasteiger partial charge in [-0.2, -0.15) is 0 Å². The Hall–Kier alpha value is -3.71. The van der Waals surface area contributed by atoms with Crippen LogP contribution in [0.15, 0.2) is 66.7 Å². The summed E-state index contributed by atoms with van der Waals surface area (Å²) in [6.45, 7) is 1.06. The Kier molecular flexibility index (Phi) is 5.26. The number of esters is 1. The lowest BCUT2D eigenvalue weighted by Crippen LogP contribution is -2.18. The molecular weight excluding hydrogens is 436 g/mol. The second-order valence-corrected chi connectivity index (χ2v) is 8.60. The van der Waals surface area contributed by atoms with Crippen LogP contribution < -0.4 is 18.9 Å². The maximum atomic E-state index is 12.9. The van der Waals surface area contributed by atoms with E-state index >= 15 is 0 Å². The number of rotatable bonds is 6. The molecular formula is C27H24O7. The topological polar surface area (TPSA) is 72.5 Å². The van der Waals surface area contributed by atoms with Crippen LogP contribution in [0.5, 0.6) is 23.0 Å². The molecule has 0 amide bonds. The molecule has 3 aliphatic heterocycles. The minimum Gasteiger partial charge on any atom is -0.493 e. The molecule has 0 radical (unpaired) electrons. The van der Waals surface area contributed by atoms with Crippen molar-refractivity contribution in [2.24, 2.45) is 11.8 Å². The van der Waals surface area contributed by atoms with E-state index in [4.69, 9.17) is 28.4 Å². The molecule has 7 nitrogen and oxygen atoms in total. The number of hydrogen-bond donors (Lipinski definition) is 0. The highest BCUT2D eigenvalue weighted by molar-refractivity contribution is 5.77. The fraction of sp³-hybridized carbons (Fsp3) is 0.296. The van der Waals surface area contributed by atoms with Gasteiger partial charge in [0.05, 0.1) is 25.7 Å². The van der Waals surface area contributed by atoms with Crippen LogP contribution in [-0.4, -0.2) is 26.5 Å². The Morgan fingerprint density at radius 3 is 2.53 bits per heavy atom. The van der Waals surface area contributed by atoms with Crippen molar-refractivity contribution in [2.75, 3.05) is 20.5 Å². The first-order chi connectivity index (χ1) is 16.7. The molecule has 3 heterocycles. The summed E-state index contributed by atoms with van der Waals surface area (Å²) in [5.74, 6) is 1.87. The van der Waals surface area contributed by atoms with Crippen LogP contribution in [0.25, 0.3) is 0 Å². The SMILES string of the molecule is COc1cc([C@H]2OC[C@H]3[C@@H]2C(=O)O[C@@H]3c2ccc3c(c2)OCO3)ccc1OCc1ccccc1. The normalized spacial score (nSPS) is 24.6. The van der Waals surface area contributed by atoms with Crippen molar-refractivity contribution in [3.05, 3.63) is 83.4 Å². The first-order valence-electron chi connectivity index (χ1n) is 11.3. The molecule has 0 bridgehead atoms. The summed E-state index contributed by atoms with van der Waals surface area (Å²) in [6.07, 6.45) is -0.791. The molecule has 6 rings (SSSR count). The summed E-state index contributed by atoms with van der Waals surface area (Å²) < 4.78 is 34.4. The first kappa shape index (κ1) is 20.9. The van der Waals surface area contributed by atoms with Crippen molar-refractivity contribution in [1.82, 2.24) is 0 Å². The number of fused-ring (bicyclic) bond motifs is 2. The van der Waals surface area contributed by atoms with E-state index in [0.29, 0.717) is 36.2 Å². The molecule has 2 saturated heterocycles. The van der Waals surface area contributed by atoms with Gasteiger partial charge < -0.3 is 28.4 Å². The van der Waals surface area contributed by atoms with Crippen LogP contribution >= 0.6 is 0 Å². The van der Waals surface area contributed by atoms with Gasteiger partial charge in [0.2, 0.25) is 6.79 Å². The van der Waals surface area contributed by atoms with Crippen molar-refractivity contribution >= 4 is 5.97 Å². The highest BCUT2D eigenvalue weighted by Crippen LogP contribution is 2.52. The fourth-order valence-corrected chi connectivity index (χ4v) is 4.94. The van der Waals surface area contributed by atoms with Gasteiger partial charge in [0.15, 0.2) is 23.0 Å². The van der Waals surface area contributed by atoms with Gasteiger partial charge in [-0.15, -0.1) is 0 Å². The van der Waals surface area contributed by atoms with Crippen LogP contribution in [-0.2, 0) is 20.9 Å². The van der Waals surface area contributed by atoms with E-state index in [1.807, 2.05) is 66.7 Å². The molecule has 34 heavy (non-hydrogen) atoms.